The van der Waals surface area contributed by atoms with Gasteiger partial charge in [-0.05, 0) is 18.6 Å². The Labute approximate surface area is 119 Å². The zero-order chi connectivity index (χ0) is 14.7. The second-order valence-electron chi connectivity index (χ2n) is 3.81. The van der Waals surface area contributed by atoms with Crippen LogP contribution in [0.5, 0.6) is 0 Å². The molecule has 0 radical (unpaired) electrons. The molecule has 110 valence electrons. The fourth-order valence-corrected chi connectivity index (χ4v) is 4.56. The molecule has 19 heavy (non-hydrogen) atoms. The third-order valence-electron chi connectivity index (χ3n) is 2.19. The molecule has 1 heterocycles. The Bertz CT molecular complexity index is 513. The normalized spacial score (nSPS) is 13.2. The lowest BCUT2D eigenvalue weighted by atomic mass is 10.5. The van der Waals surface area contributed by atoms with Gasteiger partial charge in [-0.3, -0.25) is 0 Å². The first kappa shape index (κ1) is 16.7. The third-order valence-corrected chi connectivity index (χ3v) is 6.04. The molecule has 3 nitrogen and oxygen atoms in total. The zero-order valence-electron chi connectivity index (χ0n) is 10.1. The van der Waals surface area contributed by atoms with Gasteiger partial charge in [0.25, 0.3) is 10.0 Å². The van der Waals surface area contributed by atoms with Crippen molar-refractivity contribution in [1.29, 1.82) is 0 Å². The molecule has 0 spiro atoms. The van der Waals surface area contributed by atoms with Crippen LogP contribution in [-0.2, 0) is 15.9 Å². The number of alkyl halides is 4. The first-order chi connectivity index (χ1) is 8.70. The summed E-state index contributed by atoms with van der Waals surface area (Å²) in [5.41, 5.74) is 0. The van der Waals surface area contributed by atoms with Crippen molar-refractivity contribution in [3.63, 3.8) is 0 Å². The Balaban J connectivity index is 3.05. The van der Waals surface area contributed by atoms with Crippen LogP contribution in [0.25, 0.3) is 0 Å². The minimum atomic E-state index is -4.56. The maximum atomic E-state index is 12.4. The quantitative estimate of drug-likeness (QED) is 0.747. The van der Waals surface area contributed by atoms with Gasteiger partial charge in [0, 0.05) is 11.4 Å². The molecule has 0 N–H and O–H groups in total. The summed E-state index contributed by atoms with van der Waals surface area (Å²) >= 11 is 6.45. The van der Waals surface area contributed by atoms with E-state index in [2.05, 4.69) is 0 Å². The van der Waals surface area contributed by atoms with Gasteiger partial charge in [0.05, 0.1) is 5.88 Å². The molecule has 0 aliphatic rings. The Kier molecular flexibility index (Phi) is 5.66. The fraction of sp³-hybridized carbons (Fsp3) is 0.600. The molecular formula is C10H13ClF3NO2S2. The van der Waals surface area contributed by atoms with Crippen LogP contribution in [0.1, 0.15) is 18.2 Å². The van der Waals surface area contributed by atoms with Crippen LogP contribution < -0.4 is 0 Å². The van der Waals surface area contributed by atoms with Crippen LogP contribution >= 0.6 is 22.9 Å². The Morgan fingerprint density at radius 3 is 2.42 bits per heavy atom. The number of rotatable bonds is 6. The third kappa shape index (κ3) is 4.62. The highest BCUT2D eigenvalue weighted by Gasteiger charge is 2.37. The summed E-state index contributed by atoms with van der Waals surface area (Å²) in [6.45, 7) is -0.0231. The second kappa shape index (κ2) is 6.43. The molecule has 0 aromatic carbocycles. The standard InChI is InChI=1S/C10H13ClF3NO2S2/c1-2-5-15(7-10(12,13)14)19(16,17)9-4-3-8(6-11)18-9/h3-4H,2,5-7H2,1H3. The summed E-state index contributed by atoms with van der Waals surface area (Å²) in [6, 6.07) is 2.79. The van der Waals surface area contributed by atoms with Gasteiger partial charge in [-0.25, -0.2) is 8.42 Å². The molecule has 0 amide bonds. The van der Waals surface area contributed by atoms with Crippen molar-refractivity contribution in [3.05, 3.63) is 17.0 Å². The molecule has 0 aliphatic carbocycles. The van der Waals surface area contributed by atoms with Gasteiger partial charge >= 0.3 is 6.18 Å². The van der Waals surface area contributed by atoms with Gasteiger partial charge in [-0.1, -0.05) is 6.92 Å². The molecule has 0 fully saturated rings. The smallest absolute Gasteiger partial charge is 0.206 e. The zero-order valence-corrected chi connectivity index (χ0v) is 12.5. The first-order valence-corrected chi connectivity index (χ1v) is 8.21. The fourth-order valence-electron chi connectivity index (χ4n) is 1.43. The largest absolute Gasteiger partial charge is 0.402 e. The number of sulfonamides is 1. The Morgan fingerprint density at radius 2 is 2.00 bits per heavy atom. The molecular weight excluding hydrogens is 323 g/mol. The van der Waals surface area contributed by atoms with E-state index in [0.717, 1.165) is 11.3 Å². The van der Waals surface area contributed by atoms with E-state index in [1.165, 1.54) is 12.1 Å². The van der Waals surface area contributed by atoms with Crippen molar-refractivity contribution in [1.82, 2.24) is 4.31 Å². The van der Waals surface area contributed by atoms with E-state index in [1.54, 1.807) is 6.92 Å². The Hall–Kier alpha value is -0.310. The van der Waals surface area contributed by atoms with Crippen LogP contribution in [0, 0.1) is 0 Å². The van der Waals surface area contributed by atoms with E-state index in [-0.39, 0.29) is 16.6 Å². The average Bonchev–Trinajstić information content (AvgIpc) is 2.75. The molecule has 0 atom stereocenters. The predicted molar refractivity (Wildman–Crippen MR) is 69.0 cm³/mol. The molecule has 0 bridgehead atoms. The lowest BCUT2D eigenvalue weighted by Crippen LogP contribution is -2.39. The van der Waals surface area contributed by atoms with Crippen LogP contribution in [0.2, 0.25) is 0 Å². The minimum Gasteiger partial charge on any atom is -0.206 e. The van der Waals surface area contributed by atoms with Crippen molar-refractivity contribution in [2.75, 3.05) is 13.1 Å². The van der Waals surface area contributed by atoms with Gasteiger partial charge in [-0.15, -0.1) is 22.9 Å². The summed E-state index contributed by atoms with van der Waals surface area (Å²) < 4.78 is 61.9. The van der Waals surface area contributed by atoms with E-state index >= 15 is 0 Å². The molecule has 1 aromatic heterocycles. The molecule has 1 aromatic rings. The van der Waals surface area contributed by atoms with E-state index in [0.29, 0.717) is 15.6 Å². The van der Waals surface area contributed by atoms with Gasteiger partial charge in [0.1, 0.15) is 10.8 Å². The van der Waals surface area contributed by atoms with Gasteiger partial charge in [0.2, 0.25) is 0 Å². The summed E-state index contributed by atoms with van der Waals surface area (Å²) in [6.07, 6.45) is -4.25. The van der Waals surface area contributed by atoms with Crippen molar-refractivity contribution in [3.8, 4) is 0 Å². The molecule has 0 saturated carbocycles. The average molecular weight is 336 g/mol. The number of hydrogen-bond donors (Lipinski definition) is 0. The van der Waals surface area contributed by atoms with E-state index in [1.807, 2.05) is 0 Å². The van der Waals surface area contributed by atoms with Gasteiger partial charge < -0.3 is 0 Å². The summed E-state index contributed by atoms with van der Waals surface area (Å²) in [7, 11) is -4.11. The van der Waals surface area contributed by atoms with Crippen molar-refractivity contribution < 1.29 is 21.6 Å². The van der Waals surface area contributed by atoms with Gasteiger partial charge in [-0.2, -0.15) is 17.5 Å². The van der Waals surface area contributed by atoms with Crippen molar-refractivity contribution in [2.24, 2.45) is 0 Å². The molecule has 1 rings (SSSR count). The van der Waals surface area contributed by atoms with E-state index in [4.69, 9.17) is 11.6 Å². The van der Waals surface area contributed by atoms with Crippen LogP contribution in [0.3, 0.4) is 0 Å². The van der Waals surface area contributed by atoms with E-state index < -0.39 is 22.7 Å². The van der Waals surface area contributed by atoms with E-state index in [9.17, 15) is 21.6 Å². The SMILES string of the molecule is CCCN(CC(F)(F)F)S(=O)(=O)c1ccc(CCl)s1. The lowest BCUT2D eigenvalue weighted by molar-refractivity contribution is -0.136. The molecule has 0 aliphatic heterocycles. The summed E-state index contributed by atoms with van der Waals surface area (Å²) in [4.78, 5) is 0.601. The second-order valence-corrected chi connectivity index (χ2v) is 7.41. The van der Waals surface area contributed by atoms with Gasteiger partial charge in [0.15, 0.2) is 0 Å². The maximum Gasteiger partial charge on any atom is 0.402 e. The van der Waals surface area contributed by atoms with Crippen LogP contribution in [-0.4, -0.2) is 32.0 Å². The molecule has 0 unspecified atom stereocenters. The number of nitrogens with zero attached hydrogens (tertiary/aromatic N) is 1. The predicted octanol–water partition coefficient (Wildman–Crippen LogP) is 3.45. The topological polar surface area (TPSA) is 37.4 Å². The summed E-state index contributed by atoms with van der Waals surface area (Å²) in [5.74, 6) is 0.132. The number of hydrogen-bond acceptors (Lipinski definition) is 3. The molecule has 0 saturated heterocycles. The number of thiophene rings is 1. The van der Waals surface area contributed by atoms with Crippen LogP contribution in [0.4, 0.5) is 13.2 Å². The van der Waals surface area contributed by atoms with Crippen molar-refractivity contribution in [2.45, 2.75) is 29.6 Å². The highest BCUT2D eigenvalue weighted by Crippen LogP contribution is 2.28. The summed E-state index contributed by atoms with van der Waals surface area (Å²) in [5, 5.41) is 0. The molecule has 9 heteroatoms. The first-order valence-electron chi connectivity index (χ1n) is 5.42. The van der Waals surface area contributed by atoms with Crippen molar-refractivity contribution >= 4 is 33.0 Å². The monoisotopic (exact) mass is 335 g/mol. The van der Waals surface area contributed by atoms with Crippen LogP contribution in [0.15, 0.2) is 16.3 Å². The Morgan fingerprint density at radius 1 is 1.37 bits per heavy atom. The minimum absolute atomic E-state index is 0.110. The maximum absolute atomic E-state index is 12.4. The lowest BCUT2D eigenvalue weighted by Gasteiger charge is -2.21. The number of halogens is 4. The highest BCUT2D eigenvalue weighted by atomic mass is 35.5. The highest BCUT2D eigenvalue weighted by molar-refractivity contribution is 7.91.